The number of anilines is 1. The molecule has 5 heteroatoms. The standard InChI is InChI=1S/C15H15BrN2O2/c16-12-4-1-2-5-13(12)18-8-7-11(10-18)17-15(19)14-6-3-9-20-14/h1-6,9,11H,7-8,10H2,(H,17,19)/t11-/m1/s1. The number of para-hydroxylation sites is 1. The average molecular weight is 335 g/mol. The van der Waals surface area contributed by atoms with Gasteiger partial charge in [-0.15, -0.1) is 0 Å². The molecular formula is C15H15BrN2O2. The fourth-order valence-corrected chi connectivity index (χ4v) is 3.00. The number of carbonyl (C=O) groups excluding carboxylic acids is 1. The first-order valence-electron chi connectivity index (χ1n) is 6.58. The molecule has 1 aliphatic rings. The molecule has 1 saturated heterocycles. The molecule has 1 N–H and O–H groups in total. The van der Waals surface area contributed by atoms with Crippen LogP contribution in [0.4, 0.5) is 5.69 Å². The smallest absolute Gasteiger partial charge is 0.287 e. The van der Waals surface area contributed by atoms with Gasteiger partial charge in [0.15, 0.2) is 5.76 Å². The topological polar surface area (TPSA) is 45.5 Å². The van der Waals surface area contributed by atoms with Gasteiger partial charge in [0, 0.05) is 23.6 Å². The summed E-state index contributed by atoms with van der Waals surface area (Å²) in [5.74, 6) is 0.221. The molecule has 104 valence electrons. The van der Waals surface area contributed by atoms with Crippen LogP contribution in [0.5, 0.6) is 0 Å². The van der Waals surface area contributed by atoms with Crippen molar-refractivity contribution in [1.29, 1.82) is 0 Å². The monoisotopic (exact) mass is 334 g/mol. The van der Waals surface area contributed by atoms with Gasteiger partial charge < -0.3 is 14.6 Å². The van der Waals surface area contributed by atoms with Gasteiger partial charge in [-0.1, -0.05) is 12.1 Å². The van der Waals surface area contributed by atoms with Crippen LogP contribution in [-0.2, 0) is 0 Å². The third-order valence-electron chi connectivity index (χ3n) is 3.46. The molecule has 0 radical (unpaired) electrons. The van der Waals surface area contributed by atoms with Gasteiger partial charge in [0.1, 0.15) is 0 Å². The minimum absolute atomic E-state index is 0.144. The van der Waals surface area contributed by atoms with Gasteiger partial charge in [0.05, 0.1) is 12.0 Å². The molecule has 3 rings (SSSR count). The van der Waals surface area contributed by atoms with E-state index in [2.05, 4.69) is 32.2 Å². The van der Waals surface area contributed by atoms with Crippen LogP contribution in [0.2, 0.25) is 0 Å². The lowest BCUT2D eigenvalue weighted by atomic mass is 10.2. The van der Waals surface area contributed by atoms with E-state index in [1.54, 1.807) is 12.1 Å². The van der Waals surface area contributed by atoms with Crippen molar-refractivity contribution in [2.75, 3.05) is 18.0 Å². The van der Waals surface area contributed by atoms with E-state index in [9.17, 15) is 4.79 Å². The normalized spacial score (nSPS) is 18.2. The fourth-order valence-electron chi connectivity index (χ4n) is 2.47. The van der Waals surface area contributed by atoms with E-state index in [0.29, 0.717) is 5.76 Å². The van der Waals surface area contributed by atoms with Crippen LogP contribution in [0.1, 0.15) is 17.0 Å². The largest absolute Gasteiger partial charge is 0.459 e. The maximum atomic E-state index is 11.9. The molecule has 2 aromatic rings. The molecule has 0 spiro atoms. The second kappa shape index (κ2) is 5.71. The van der Waals surface area contributed by atoms with Gasteiger partial charge in [0.2, 0.25) is 0 Å². The van der Waals surface area contributed by atoms with Gasteiger partial charge in [-0.05, 0) is 46.6 Å². The van der Waals surface area contributed by atoms with Crippen LogP contribution in [0, 0.1) is 0 Å². The van der Waals surface area contributed by atoms with Crippen molar-refractivity contribution >= 4 is 27.5 Å². The van der Waals surface area contributed by atoms with Crippen LogP contribution < -0.4 is 10.2 Å². The summed E-state index contributed by atoms with van der Waals surface area (Å²) in [6.07, 6.45) is 2.45. The molecule has 1 atom stereocenters. The van der Waals surface area contributed by atoms with Crippen LogP contribution in [0.15, 0.2) is 51.6 Å². The summed E-state index contributed by atoms with van der Waals surface area (Å²) >= 11 is 3.56. The second-order valence-corrected chi connectivity index (χ2v) is 5.69. The highest BCUT2D eigenvalue weighted by molar-refractivity contribution is 9.10. The van der Waals surface area contributed by atoms with E-state index in [0.717, 1.165) is 24.0 Å². The summed E-state index contributed by atoms with van der Waals surface area (Å²) in [5, 5.41) is 3.01. The van der Waals surface area contributed by atoms with E-state index in [4.69, 9.17) is 4.42 Å². The summed E-state index contributed by atoms with van der Waals surface area (Å²) in [7, 11) is 0. The zero-order chi connectivity index (χ0) is 13.9. The second-order valence-electron chi connectivity index (χ2n) is 4.83. The quantitative estimate of drug-likeness (QED) is 0.938. The third kappa shape index (κ3) is 2.72. The van der Waals surface area contributed by atoms with Gasteiger partial charge in [-0.3, -0.25) is 4.79 Å². The number of benzene rings is 1. The van der Waals surface area contributed by atoms with Gasteiger partial charge in [-0.2, -0.15) is 0 Å². The molecule has 1 aromatic heterocycles. The molecule has 2 heterocycles. The van der Waals surface area contributed by atoms with Crippen molar-refractivity contribution in [1.82, 2.24) is 5.32 Å². The summed E-state index contributed by atoms with van der Waals surface area (Å²) in [5.41, 5.74) is 1.17. The molecule has 20 heavy (non-hydrogen) atoms. The van der Waals surface area contributed by atoms with Crippen molar-refractivity contribution in [2.45, 2.75) is 12.5 Å². The molecule has 0 unspecified atom stereocenters. The lowest BCUT2D eigenvalue weighted by Crippen LogP contribution is -2.37. The Morgan fingerprint density at radius 1 is 1.30 bits per heavy atom. The minimum atomic E-state index is -0.144. The molecule has 1 aliphatic heterocycles. The predicted molar refractivity (Wildman–Crippen MR) is 80.9 cm³/mol. The maximum absolute atomic E-state index is 11.9. The zero-order valence-corrected chi connectivity index (χ0v) is 12.5. The Bertz CT molecular complexity index is 598. The van der Waals surface area contributed by atoms with Crippen LogP contribution in [-0.4, -0.2) is 25.0 Å². The number of halogens is 1. The Labute approximate surface area is 125 Å². The summed E-state index contributed by atoms with van der Waals surface area (Å²) < 4.78 is 6.18. The first kappa shape index (κ1) is 13.2. The van der Waals surface area contributed by atoms with Crippen molar-refractivity contribution in [3.05, 3.63) is 52.9 Å². The lowest BCUT2D eigenvalue weighted by Gasteiger charge is -2.20. The van der Waals surface area contributed by atoms with Gasteiger partial charge >= 0.3 is 0 Å². The number of carbonyl (C=O) groups is 1. The molecule has 1 amide bonds. The molecule has 0 bridgehead atoms. The van der Waals surface area contributed by atoms with Crippen molar-refractivity contribution in [2.24, 2.45) is 0 Å². The Morgan fingerprint density at radius 3 is 2.90 bits per heavy atom. The highest BCUT2D eigenvalue weighted by Crippen LogP contribution is 2.28. The van der Waals surface area contributed by atoms with E-state index < -0.39 is 0 Å². The Morgan fingerprint density at radius 2 is 2.15 bits per heavy atom. The minimum Gasteiger partial charge on any atom is -0.459 e. The number of nitrogens with one attached hydrogen (secondary N) is 1. The third-order valence-corrected chi connectivity index (χ3v) is 4.13. The van der Waals surface area contributed by atoms with Crippen LogP contribution in [0.3, 0.4) is 0 Å². The van der Waals surface area contributed by atoms with E-state index >= 15 is 0 Å². The summed E-state index contributed by atoms with van der Waals surface area (Å²) in [6, 6.07) is 11.7. The maximum Gasteiger partial charge on any atom is 0.287 e. The number of nitrogens with zero attached hydrogens (tertiary/aromatic N) is 1. The SMILES string of the molecule is O=C(N[C@@H]1CCN(c2ccccc2Br)C1)c1ccco1. The number of hydrogen-bond donors (Lipinski definition) is 1. The highest BCUT2D eigenvalue weighted by atomic mass is 79.9. The molecular weight excluding hydrogens is 320 g/mol. The number of furan rings is 1. The predicted octanol–water partition coefficient (Wildman–Crippen LogP) is 3.05. The van der Waals surface area contributed by atoms with Crippen molar-refractivity contribution in [3.8, 4) is 0 Å². The summed E-state index contributed by atoms with van der Waals surface area (Å²) in [6.45, 7) is 1.75. The summed E-state index contributed by atoms with van der Waals surface area (Å²) in [4.78, 5) is 14.2. The van der Waals surface area contributed by atoms with E-state index in [-0.39, 0.29) is 11.9 Å². The van der Waals surface area contributed by atoms with Gasteiger partial charge in [-0.25, -0.2) is 0 Å². The van der Waals surface area contributed by atoms with Gasteiger partial charge in [0.25, 0.3) is 5.91 Å². The first-order valence-corrected chi connectivity index (χ1v) is 7.37. The molecule has 1 fully saturated rings. The molecule has 4 nitrogen and oxygen atoms in total. The zero-order valence-electron chi connectivity index (χ0n) is 10.9. The van der Waals surface area contributed by atoms with Crippen molar-refractivity contribution < 1.29 is 9.21 Å². The van der Waals surface area contributed by atoms with Crippen molar-refractivity contribution in [3.63, 3.8) is 0 Å². The Kier molecular flexibility index (Phi) is 3.78. The van der Waals surface area contributed by atoms with Crippen LogP contribution >= 0.6 is 15.9 Å². The van der Waals surface area contributed by atoms with E-state index in [1.807, 2.05) is 18.2 Å². The molecule has 1 aromatic carbocycles. The number of rotatable bonds is 3. The number of amides is 1. The number of hydrogen-bond acceptors (Lipinski definition) is 3. The Hall–Kier alpha value is -1.75. The first-order chi connectivity index (χ1) is 9.74. The molecule has 0 saturated carbocycles. The molecule has 0 aliphatic carbocycles. The van der Waals surface area contributed by atoms with E-state index in [1.165, 1.54) is 12.0 Å². The average Bonchev–Trinajstić information content (AvgIpc) is 3.10. The lowest BCUT2D eigenvalue weighted by molar-refractivity contribution is 0.0912. The van der Waals surface area contributed by atoms with Crippen LogP contribution in [0.25, 0.3) is 0 Å². The fraction of sp³-hybridized carbons (Fsp3) is 0.267. The Balaban J connectivity index is 1.63. The highest BCUT2D eigenvalue weighted by Gasteiger charge is 2.25.